The highest BCUT2D eigenvalue weighted by Gasteiger charge is 1.85. The molecule has 0 aromatic carbocycles. The summed E-state index contributed by atoms with van der Waals surface area (Å²) in [6.45, 7) is 2.16. The van der Waals surface area contributed by atoms with Gasteiger partial charge in [-0.25, -0.2) is 0 Å². The zero-order valence-corrected chi connectivity index (χ0v) is 5.59. The van der Waals surface area contributed by atoms with E-state index in [2.05, 4.69) is 24.2 Å². The summed E-state index contributed by atoms with van der Waals surface area (Å²) < 4.78 is 0. The fraction of sp³-hybridized carbons (Fsp3) is 0.375. The van der Waals surface area contributed by atoms with Crippen LogP contribution in [0.15, 0.2) is 18.3 Å². The van der Waals surface area contributed by atoms with Crippen LogP contribution in [0.4, 0.5) is 0 Å². The molecule has 1 heterocycles. The number of nitrogens with zero attached hydrogens (tertiary/aromatic N) is 1. The van der Waals surface area contributed by atoms with Gasteiger partial charge in [0.05, 0.1) is 6.20 Å². The third-order valence-electron chi connectivity index (χ3n) is 1.22. The Morgan fingerprint density at radius 3 is 3.11 bits per heavy atom. The monoisotopic (exact) mass is 120 g/mol. The summed E-state index contributed by atoms with van der Waals surface area (Å²) in [5.41, 5.74) is 1.30. The number of pyridine rings is 1. The van der Waals surface area contributed by atoms with Gasteiger partial charge in [0, 0.05) is 6.20 Å². The molecule has 0 amide bonds. The van der Waals surface area contributed by atoms with E-state index in [0.717, 1.165) is 6.42 Å². The molecule has 0 aliphatic rings. The third kappa shape index (κ3) is 1.84. The summed E-state index contributed by atoms with van der Waals surface area (Å²) in [6.07, 6.45) is 6.92. The molecule has 1 radical (unpaired) electrons. The third-order valence-corrected chi connectivity index (χ3v) is 1.22. The number of hydrogen-bond donors (Lipinski definition) is 0. The van der Waals surface area contributed by atoms with E-state index in [1.807, 2.05) is 12.3 Å². The van der Waals surface area contributed by atoms with Crippen LogP contribution in [0.25, 0.3) is 0 Å². The predicted octanol–water partition coefficient (Wildman–Crippen LogP) is 1.83. The molecule has 0 spiro atoms. The lowest BCUT2D eigenvalue weighted by molar-refractivity contribution is 0.913. The molecule has 0 fully saturated rings. The maximum absolute atomic E-state index is 3.88. The molecule has 0 aliphatic heterocycles. The van der Waals surface area contributed by atoms with Gasteiger partial charge in [0.2, 0.25) is 0 Å². The molecule has 0 bridgehead atoms. The highest BCUT2D eigenvalue weighted by molar-refractivity contribution is 5.07. The van der Waals surface area contributed by atoms with Gasteiger partial charge in [0.1, 0.15) is 0 Å². The molecule has 47 valence electrons. The highest BCUT2D eigenvalue weighted by atomic mass is 14.6. The zero-order valence-electron chi connectivity index (χ0n) is 5.59. The van der Waals surface area contributed by atoms with E-state index in [9.17, 15) is 0 Å². The predicted molar refractivity (Wildman–Crippen MR) is 37.1 cm³/mol. The molecule has 0 N–H and O–H groups in total. The van der Waals surface area contributed by atoms with Crippen molar-refractivity contribution in [2.45, 2.75) is 19.8 Å². The quantitative estimate of drug-likeness (QED) is 0.580. The van der Waals surface area contributed by atoms with Gasteiger partial charge in [-0.3, -0.25) is 4.98 Å². The topological polar surface area (TPSA) is 12.9 Å². The zero-order chi connectivity index (χ0) is 6.53. The summed E-state index contributed by atoms with van der Waals surface area (Å²) in [4.78, 5) is 3.88. The van der Waals surface area contributed by atoms with E-state index in [4.69, 9.17) is 0 Å². The maximum Gasteiger partial charge on any atom is 0.0886 e. The summed E-state index contributed by atoms with van der Waals surface area (Å²) in [5.74, 6) is 0. The Balaban J connectivity index is 2.61. The molecule has 0 saturated heterocycles. The number of rotatable bonds is 2. The SMILES string of the molecule is CCCc1cc[c]nc1. The molecule has 1 nitrogen and oxygen atoms in total. The van der Waals surface area contributed by atoms with Crippen molar-refractivity contribution in [3.8, 4) is 0 Å². The number of aryl methyl sites for hydroxylation is 1. The van der Waals surface area contributed by atoms with Gasteiger partial charge in [0.25, 0.3) is 0 Å². The van der Waals surface area contributed by atoms with E-state index in [-0.39, 0.29) is 0 Å². The lowest BCUT2D eigenvalue weighted by Crippen LogP contribution is -1.82. The standard InChI is InChI=1S/C8H10N/c1-2-4-8-5-3-6-9-7-8/h3,5,7H,2,4H2,1H3. The first-order valence-corrected chi connectivity index (χ1v) is 3.24. The average Bonchev–Trinajstić information content (AvgIpc) is 1.91. The van der Waals surface area contributed by atoms with Gasteiger partial charge in [-0.1, -0.05) is 19.4 Å². The van der Waals surface area contributed by atoms with Crippen LogP contribution in [-0.2, 0) is 6.42 Å². The minimum absolute atomic E-state index is 1.13. The Kier molecular flexibility index (Phi) is 2.25. The van der Waals surface area contributed by atoms with Crippen LogP contribution in [0.2, 0.25) is 0 Å². The number of hydrogen-bond acceptors (Lipinski definition) is 1. The molecular formula is C8H10N. The molecule has 1 rings (SSSR count). The smallest absolute Gasteiger partial charge is 0.0886 e. The summed E-state index contributed by atoms with van der Waals surface area (Å²) in [7, 11) is 0. The maximum atomic E-state index is 3.88. The van der Waals surface area contributed by atoms with E-state index < -0.39 is 0 Å². The molecule has 1 aromatic heterocycles. The molecule has 1 heteroatoms. The van der Waals surface area contributed by atoms with E-state index in [0.29, 0.717) is 0 Å². The lowest BCUT2D eigenvalue weighted by Gasteiger charge is -1.92. The van der Waals surface area contributed by atoms with Crippen LogP contribution < -0.4 is 0 Å². The van der Waals surface area contributed by atoms with E-state index >= 15 is 0 Å². The van der Waals surface area contributed by atoms with Gasteiger partial charge in [-0.2, -0.15) is 0 Å². The van der Waals surface area contributed by atoms with Crippen molar-refractivity contribution in [2.75, 3.05) is 0 Å². The van der Waals surface area contributed by atoms with Gasteiger partial charge in [-0.05, 0) is 18.1 Å². The first-order chi connectivity index (χ1) is 4.43. The van der Waals surface area contributed by atoms with Gasteiger partial charge in [-0.15, -0.1) is 0 Å². The van der Waals surface area contributed by atoms with Crippen LogP contribution in [-0.4, -0.2) is 4.98 Å². The first kappa shape index (κ1) is 6.27. The number of aromatic nitrogens is 1. The van der Waals surface area contributed by atoms with Crippen molar-refractivity contribution < 1.29 is 0 Å². The van der Waals surface area contributed by atoms with Gasteiger partial charge < -0.3 is 0 Å². The Morgan fingerprint density at radius 2 is 2.56 bits per heavy atom. The van der Waals surface area contributed by atoms with Crippen LogP contribution in [0.3, 0.4) is 0 Å². The molecule has 1 aromatic rings. The van der Waals surface area contributed by atoms with Crippen molar-refractivity contribution in [1.82, 2.24) is 4.98 Å². The molecular weight excluding hydrogens is 110 g/mol. The van der Waals surface area contributed by atoms with Crippen molar-refractivity contribution >= 4 is 0 Å². The van der Waals surface area contributed by atoms with Crippen molar-refractivity contribution in [3.63, 3.8) is 0 Å². The van der Waals surface area contributed by atoms with E-state index in [1.54, 1.807) is 0 Å². The fourth-order valence-electron chi connectivity index (χ4n) is 0.787. The Hall–Kier alpha value is -0.850. The normalized spacial score (nSPS) is 9.44. The Morgan fingerprint density at radius 1 is 1.67 bits per heavy atom. The van der Waals surface area contributed by atoms with Crippen molar-refractivity contribution in [2.24, 2.45) is 0 Å². The van der Waals surface area contributed by atoms with E-state index in [1.165, 1.54) is 12.0 Å². The van der Waals surface area contributed by atoms with Crippen LogP contribution in [0.1, 0.15) is 18.9 Å². The summed E-state index contributed by atoms with van der Waals surface area (Å²) in [6, 6.07) is 3.90. The van der Waals surface area contributed by atoms with Crippen LogP contribution in [0, 0.1) is 6.20 Å². The second kappa shape index (κ2) is 3.23. The summed E-state index contributed by atoms with van der Waals surface area (Å²) in [5, 5.41) is 0. The molecule has 0 unspecified atom stereocenters. The largest absolute Gasteiger partial charge is 0.254 e. The van der Waals surface area contributed by atoms with Gasteiger partial charge in [0.15, 0.2) is 0 Å². The molecule has 0 aliphatic carbocycles. The second-order valence-corrected chi connectivity index (χ2v) is 2.05. The lowest BCUT2D eigenvalue weighted by atomic mass is 10.2. The van der Waals surface area contributed by atoms with Crippen LogP contribution >= 0.6 is 0 Å². The minimum Gasteiger partial charge on any atom is -0.254 e. The van der Waals surface area contributed by atoms with Crippen molar-refractivity contribution in [3.05, 3.63) is 30.1 Å². The van der Waals surface area contributed by atoms with Crippen molar-refractivity contribution in [1.29, 1.82) is 0 Å². The minimum atomic E-state index is 1.13. The second-order valence-electron chi connectivity index (χ2n) is 2.05. The highest BCUT2D eigenvalue weighted by Crippen LogP contribution is 1.97. The molecule has 0 saturated carbocycles. The Labute approximate surface area is 55.7 Å². The fourth-order valence-corrected chi connectivity index (χ4v) is 0.787. The average molecular weight is 120 g/mol. The molecule has 0 atom stereocenters. The molecule has 9 heavy (non-hydrogen) atoms. The first-order valence-electron chi connectivity index (χ1n) is 3.24. The summed E-state index contributed by atoms with van der Waals surface area (Å²) >= 11 is 0. The van der Waals surface area contributed by atoms with Crippen LogP contribution in [0.5, 0.6) is 0 Å². The Bertz CT molecular complexity index is 157. The van der Waals surface area contributed by atoms with Gasteiger partial charge >= 0.3 is 0 Å².